The highest BCUT2D eigenvalue weighted by Crippen LogP contribution is 2.29. The van der Waals surface area contributed by atoms with Crippen LogP contribution >= 0.6 is 0 Å². The van der Waals surface area contributed by atoms with Crippen molar-refractivity contribution >= 4 is 5.91 Å². The lowest BCUT2D eigenvalue weighted by molar-refractivity contribution is -0.122. The minimum Gasteiger partial charge on any atom is -0.497 e. The highest BCUT2D eigenvalue weighted by atomic mass is 16.5. The molecule has 0 saturated heterocycles. The molecule has 1 atom stereocenters. The second-order valence-corrected chi connectivity index (χ2v) is 6.09. The molecule has 136 valence electrons. The summed E-state index contributed by atoms with van der Waals surface area (Å²) in [6.07, 6.45) is 3.75. The summed E-state index contributed by atoms with van der Waals surface area (Å²) in [5.41, 5.74) is 1.95. The molecule has 7 nitrogen and oxygen atoms in total. The number of methoxy groups -OCH3 is 2. The number of hydrogen-bond acceptors (Lipinski definition) is 5. The topological polar surface area (TPSA) is 68.6 Å². The zero-order valence-corrected chi connectivity index (χ0v) is 15.4. The van der Waals surface area contributed by atoms with Gasteiger partial charge in [0, 0.05) is 30.9 Å². The fraction of sp³-hybridized carbons (Fsp3) is 0.444. The number of aromatic nitrogens is 2. The van der Waals surface area contributed by atoms with Crippen molar-refractivity contribution in [2.24, 2.45) is 7.05 Å². The van der Waals surface area contributed by atoms with E-state index in [1.165, 1.54) is 0 Å². The number of rotatable bonds is 8. The van der Waals surface area contributed by atoms with Crippen LogP contribution in [0.25, 0.3) is 0 Å². The molecule has 1 unspecified atom stereocenters. The van der Waals surface area contributed by atoms with E-state index in [0.29, 0.717) is 13.1 Å². The first-order valence-corrected chi connectivity index (χ1v) is 8.10. The number of benzene rings is 1. The summed E-state index contributed by atoms with van der Waals surface area (Å²) in [4.78, 5) is 14.3. The van der Waals surface area contributed by atoms with E-state index in [2.05, 4.69) is 10.4 Å². The Morgan fingerprint density at radius 3 is 2.72 bits per heavy atom. The molecule has 0 spiro atoms. The van der Waals surface area contributed by atoms with Gasteiger partial charge in [0.05, 0.1) is 33.0 Å². The lowest BCUT2D eigenvalue weighted by atomic mass is 10.1. The average Bonchev–Trinajstić information content (AvgIpc) is 2.98. The Hall–Kier alpha value is -2.54. The van der Waals surface area contributed by atoms with Crippen molar-refractivity contribution in [2.45, 2.75) is 19.5 Å². The van der Waals surface area contributed by atoms with Crippen molar-refractivity contribution in [3.63, 3.8) is 0 Å². The number of carbonyl (C=O) groups is 1. The number of nitrogens with one attached hydrogen (secondary N) is 1. The monoisotopic (exact) mass is 346 g/mol. The van der Waals surface area contributed by atoms with Crippen LogP contribution in [-0.2, 0) is 18.4 Å². The van der Waals surface area contributed by atoms with Gasteiger partial charge < -0.3 is 14.8 Å². The van der Waals surface area contributed by atoms with E-state index in [9.17, 15) is 4.79 Å². The molecule has 0 aliphatic carbocycles. The molecule has 1 aromatic carbocycles. The molecular formula is C18H26N4O3. The fourth-order valence-corrected chi connectivity index (χ4v) is 2.71. The van der Waals surface area contributed by atoms with E-state index in [-0.39, 0.29) is 11.9 Å². The van der Waals surface area contributed by atoms with Gasteiger partial charge in [0.25, 0.3) is 0 Å². The number of hydrogen-bond donors (Lipinski definition) is 1. The van der Waals surface area contributed by atoms with Crippen LogP contribution in [0.2, 0.25) is 0 Å². The van der Waals surface area contributed by atoms with Crippen molar-refractivity contribution in [3.05, 3.63) is 41.7 Å². The van der Waals surface area contributed by atoms with Crippen LogP contribution in [0, 0.1) is 0 Å². The molecule has 0 bridgehead atoms. The van der Waals surface area contributed by atoms with E-state index in [1.54, 1.807) is 25.1 Å². The number of amides is 1. The number of nitrogens with zero attached hydrogens (tertiary/aromatic N) is 3. The number of ether oxygens (including phenoxy) is 2. The van der Waals surface area contributed by atoms with Gasteiger partial charge in [-0.05, 0) is 32.2 Å². The summed E-state index contributed by atoms with van der Waals surface area (Å²) < 4.78 is 12.4. The van der Waals surface area contributed by atoms with Crippen LogP contribution in [0.15, 0.2) is 30.6 Å². The van der Waals surface area contributed by atoms with Gasteiger partial charge in [0.2, 0.25) is 5.91 Å². The molecule has 25 heavy (non-hydrogen) atoms. The molecule has 0 radical (unpaired) electrons. The van der Waals surface area contributed by atoms with Gasteiger partial charge in [0.15, 0.2) is 0 Å². The van der Waals surface area contributed by atoms with Gasteiger partial charge in [-0.1, -0.05) is 0 Å². The zero-order chi connectivity index (χ0) is 18.4. The van der Waals surface area contributed by atoms with Crippen molar-refractivity contribution in [2.75, 3.05) is 27.8 Å². The molecule has 0 aliphatic heterocycles. The lowest BCUT2D eigenvalue weighted by Crippen LogP contribution is -2.36. The largest absolute Gasteiger partial charge is 0.497 e. The van der Waals surface area contributed by atoms with Crippen LogP contribution in [0.3, 0.4) is 0 Å². The maximum Gasteiger partial charge on any atom is 0.234 e. The third-order valence-corrected chi connectivity index (χ3v) is 3.91. The quantitative estimate of drug-likeness (QED) is 0.789. The Balaban J connectivity index is 1.95. The molecule has 0 fully saturated rings. The number of aryl methyl sites for hydroxylation is 1. The maximum atomic E-state index is 12.3. The van der Waals surface area contributed by atoms with Crippen LogP contribution < -0.4 is 14.8 Å². The zero-order valence-electron chi connectivity index (χ0n) is 15.4. The van der Waals surface area contributed by atoms with E-state index in [0.717, 1.165) is 22.6 Å². The second kappa shape index (κ2) is 8.53. The summed E-state index contributed by atoms with van der Waals surface area (Å²) in [6, 6.07) is 5.36. The fourth-order valence-electron chi connectivity index (χ4n) is 2.71. The Labute approximate surface area is 148 Å². The summed E-state index contributed by atoms with van der Waals surface area (Å²) in [5.74, 6) is 1.40. The number of carbonyl (C=O) groups excluding carboxylic acids is 1. The van der Waals surface area contributed by atoms with Gasteiger partial charge >= 0.3 is 0 Å². The first kappa shape index (κ1) is 18.8. The maximum absolute atomic E-state index is 12.3. The van der Waals surface area contributed by atoms with Crippen molar-refractivity contribution in [1.82, 2.24) is 20.0 Å². The molecular weight excluding hydrogens is 320 g/mol. The third kappa shape index (κ3) is 5.22. The molecule has 1 aromatic heterocycles. The molecule has 0 saturated carbocycles. The molecule has 2 aromatic rings. The van der Waals surface area contributed by atoms with Crippen LogP contribution in [-0.4, -0.2) is 48.4 Å². The van der Waals surface area contributed by atoms with Gasteiger partial charge in [-0.25, -0.2) is 0 Å². The molecule has 1 N–H and O–H groups in total. The van der Waals surface area contributed by atoms with Crippen molar-refractivity contribution in [1.29, 1.82) is 0 Å². The van der Waals surface area contributed by atoms with Gasteiger partial charge in [-0.15, -0.1) is 0 Å². The lowest BCUT2D eigenvalue weighted by Gasteiger charge is -2.20. The van der Waals surface area contributed by atoms with Crippen LogP contribution in [0.1, 0.15) is 24.1 Å². The average molecular weight is 346 g/mol. The van der Waals surface area contributed by atoms with Crippen molar-refractivity contribution in [3.8, 4) is 11.5 Å². The third-order valence-electron chi connectivity index (χ3n) is 3.91. The van der Waals surface area contributed by atoms with E-state index < -0.39 is 0 Å². The Bertz CT molecular complexity index is 714. The Morgan fingerprint density at radius 2 is 2.12 bits per heavy atom. The van der Waals surface area contributed by atoms with Crippen molar-refractivity contribution < 1.29 is 14.3 Å². The second-order valence-electron chi connectivity index (χ2n) is 6.09. The van der Waals surface area contributed by atoms with E-state index in [1.807, 2.05) is 50.3 Å². The van der Waals surface area contributed by atoms with Gasteiger partial charge in [0.1, 0.15) is 11.5 Å². The van der Waals surface area contributed by atoms with Crippen LogP contribution in [0.4, 0.5) is 0 Å². The van der Waals surface area contributed by atoms with E-state index >= 15 is 0 Å². The summed E-state index contributed by atoms with van der Waals surface area (Å²) in [5, 5.41) is 7.14. The Morgan fingerprint density at radius 1 is 1.36 bits per heavy atom. The molecule has 1 amide bonds. The first-order chi connectivity index (χ1) is 11.9. The van der Waals surface area contributed by atoms with Crippen LogP contribution in [0.5, 0.6) is 11.5 Å². The normalized spacial score (nSPS) is 12.1. The Kier molecular flexibility index (Phi) is 6.41. The minimum absolute atomic E-state index is 0.0521. The smallest absolute Gasteiger partial charge is 0.234 e. The van der Waals surface area contributed by atoms with Gasteiger partial charge in [-0.3, -0.25) is 14.4 Å². The predicted octanol–water partition coefficient (Wildman–Crippen LogP) is 1.75. The first-order valence-electron chi connectivity index (χ1n) is 8.10. The highest BCUT2D eigenvalue weighted by molar-refractivity contribution is 5.78. The summed E-state index contributed by atoms with van der Waals surface area (Å²) >= 11 is 0. The summed E-state index contributed by atoms with van der Waals surface area (Å²) in [6.45, 7) is 2.89. The molecule has 0 aliphatic rings. The summed E-state index contributed by atoms with van der Waals surface area (Å²) in [7, 11) is 7.01. The highest BCUT2D eigenvalue weighted by Gasteiger charge is 2.16. The SMILES string of the molecule is COc1ccc(OC)c(C(C)NC(=O)CN(C)Cc2cnn(C)c2)c1. The minimum atomic E-state index is -0.190. The molecule has 1 heterocycles. The standard InChI is InChI=1S/C18H26N4O3/c1-13(16-8-15(24-4)6-7-17(16)25-5)20-18(23)12-21(2)10-14-9-19-22(3)11-14/h6-9,11,13H,10,12H2,1-5H3,(H,20,23). The number of likely N-dealkylation sites (N-methyl/N-ethyl adjacent to an activating group) is 1. The molecule has 2 rings (SSSR count). The molecule has 7 heteroatoms. The predicted molar refractivity (Wildman–Crippen MR) is 95.6 cm³/mol. The van der Waals surface area contributed by atoms with E-state index in [4.69, 9.17) is 9.47 Å². The van der Waals surface area contributed by atoms with Gasteiger partial charge in [-0.2, -0.15) is 5.10 Å².